The zero-order valence-corrected chi connectivity index (χ0v) is 42.6. The molecule has 0 aromatic heterocycles. The average molecular weight is 1100 g/mol. The SMILES string of the molecule is CC(C)(C)OC(=O)COc1cccc2c1CCCCC2NS(=O)(=O)c1cc(C(F)(F)F)cc(S(C)(=O)=O)c1.CS(=O)(=O)c1cc(C(F)(F)F)cc(S(=O)(=O)NC2CCCCc3c(OCC(=O)O)cccc32)c1. The Labute approximate surface area is 413 Å². The summed E-state index contributed by atoms with van der Waals surface area (Å²) in [5, 5.41) is 8.88. The third-order valence-corrected chi connectivity index (χ3v) is 16.1. The number of hydrogen-bond acceptors (Lipinski definition) is 13. The van der Waals surface area contributed by atoms with E-state index in [4.69, 9.17) is 19.3 Å². The first-order valence-electron chi connectivity index (χ1n) is 21.9. The Morgan fingerprint density at radius 1 is 0.583 bits per heavy atom. The number of fused-ring (bicyclic) bond motifs is 2. The van der Waals surface area contributed by atoms with Crippen LogP contribution in [0.1, 0.15) is 105 Å². The van der Waals surface area contributed by atoms with Crippen LogP contribution in [-0.4, -0.2) is 82.0 Å². The van der Waals surface area contributed by atoms with Crippen molar-refractivity contribution in [3.05, 3.63) is 106 Å². The van der Waals surface area contributed by atoms with Gasteiger partial charge in [-0.25, -0.2) is 52.7 Å². The van der Waals surface area contributed by atoms with Crippen molar-refractivity contribution in [1.29, 1.82) is 0 Å². The second-order valence-electron chi connectivity index (χ2n) is 18.0. The molecule has 4 aromatic carbocycles. The summed E-state index contributed by atoms with van der Waals surface area (Å²) >= 11 is 0. The highest BCUT2D eigenvalue weighted by Gasteiger charge is 2.37. The van der Waals surface area contributed by atoms with Gasteiger partial charge in [-0.2, -0.15) is 26.3 Å². The molecule has 396 valence electrons. The van der Waals surface area contributed by atoms with Crippen LogP contribution in [0.15, 0.2) is 92.4 Å². The molecule has 0 saturated carbocycles. The van der Waals surface area contributed by atoms with E-state index in [2.05, 4.69) is 9.44 Å². The molecule has 6 rings (SSSR count). The van der Waals surface area contributed by atoms with Gasteiger partial charge in [0.2, 0.25) is 20.0 Å². The summed E-state index contributed by atoms with van der Waals surface area (Å²) < 4.78 is 202. The number of nitrogens with one attached hydrogen (secondary N) is 2. The Hall–Kier alpha value is -5.28. The van der Waals surface area contributed by atoms with Crippen molar-refractivity contribution in [3.8, 4) is 11.5 Å². The molecule has 2 unspecified atom stereocenters. The summed E-state index contributed by atoms with van der Waals surface area (Å²) in [6.45, 7) is 4.21. The monoisotopic (exact) mass is 1100 g/mol. The predicted molar refractivity (Wildman–Crippen MR) is 248 cm³/mol. The zero-order chi connectivity index (χ0) is 53.8. The number of alkyl halides is 6. The average Bonchev–Trinajstić information content (AvgIpc) is 3.59. The normalized spacial score (nSPS) is 16.9. The maximum Gasteiger partial charge on any atom is 0.416 e. The Morgan fingerprint density at radius 2 is 0.958 bits per heavy atom. The minimum Gasteiger partial charge on any atom is -0.482 e. The Kier molecular flexibility index (Phi) is 17.7. The van der Waals surface area contributed by atoms with Crippen molar-refractivity contribution >= 4 is 51.7 Å². The minimum atomic E-state index is -4.96. The topological polar surface area (TPSA) is 243 Å². The highest BCUT2D eigenvalue weighted by atomic mass is 32.2. The lowest BCUT2D eigenvalue weighted by Crippen LogP contribution is -2.29. The number of halogens is 6. The number of benzene rings is 4. The standard InChI is InChI=1S/C25H30F3NO7S2.C21H22F3NO7S2/c1-24(2,3)36-23(30)15-35-22-11-7-9-19-20(22)8-5-6-10-21(19)29-38(33,34)18-13-16(25(26,27)28)12-17(14-18)37(4,31)32;1-33(28,29)14-9-13(21(22,23)24)10-15(11-14)34(30,31)25-18-7-3-2-5-17-16(18)6-4-8-19(17)32-12-20(26)27/h7,9,11-14,21,29H,5-6,8,10,15H2,1-4H3;4,6,8-11,18,25H,2-3,5,7,12H2,1H3,(H,26,27). The van der Waals surface area contributed by atoms with E-state index in [9.17, 15) is 69.6 Å². The van der Waals surface area contributed by atoms with Gasteiger partial charge in [-0.05, 0) is 130 Å². The zero-order valence-electron chi connectivity index (χ0n) is 39.3. The minimum absolute atomic E-state index is 0.282. The predicted octanol–water partition coefficient (Wildman–Crippen LogP) is 7.89. The first kappa shape index (κ1) is 57.6. The summed E-state index contributed by atoms with van der Waals surface area (Å²) in [6.07, 6.45) is -4.32. The largest absolute Gasteiger partial charge is 0.482 e. The molecule has 2 atom stereocenters. The molecule has 16 nitrogen and oxygen atoms in total. The molecule has 26 heteroatoms. The Bertz CT molecular complexity index is 3140. The van der Waals surface area contributed by atoms with E-state index in [-0.39, 0.29) is 12.4 Å². The third-order valence-electron chi connectivity index (χ3n) is 11.0. The molecule has 0 spiro atoms. The van der Waals surface area contributed by atoms with Crippen molar-refractivity contribution in [2.75, 3.05) is 25.7 Å². The molecule has 2 aliphatic carbocycles. The number of carboxylic acid groups (broad SMARTS) is 1. The van der Waals surface area contributed by atoms with Crippen LogP contribution in [0.2, 0.25) is 0 Å². The number of esters is 1. The number of hydrogen-bond donors (Lipinski definition) is 3. The van der Waals surface area contributed by atoms with E-state index in [0.29, 0.717) is 128 Å². The maximum atomic E-state index is 13.4. The van der Waals surface area contributed by atoms with Crippen molar-refractivity contribution in [3.63, 3.8) is 0 Å². The van der Waals surface area contributed by atoms with Crippen LogP contribution in [0, 0.1) is 0 Å². The number of aliphatic carboxylic acids is 1. The molecule has 0 amide bonds. The smallest absolute Gasteiger partial charge is 0.416 e. The molecule has 72 heavy (non-hydrogen) atoms. The highest BCUT2D eigenvalue weighted by Crippen LogP contribution is 2.39. The number of sulfonamides is 2. The summed E-state index contributed by atoms with van der Waals surface area (Å²) in [6, 6.07) is 11.1. The summed E-state index contributed by atoms with van der Waals surface area (Å²) in [5.74, 6) is -1.11. The molecule has 2 aliphatic rings. The molecule has 0 fully saturated rings. The molecule has 0 radical (unpaired) electrons. The fraction of sp³-hybridized carbons (Fsp3) is 0.435. The molecule has 0 bridgehead atoms. The van der Waals surface area contributed by atoms with E-state index in [1.807, 2.05) is 0 Å². The Morgan fingerprint density at radius 3 is 1.31 bits per heavy atom. The van der Waals surface area contributed by atoms with Crippen LogP contribution < -0.4 is 18.9 Å². The van der Waals surface area contributed by atoms with Gasteiger partial charge in [-0.1, -0.05) is 37.1 Å². The fourth-order valence-electron chi connectivity index (χ4n) is 7.85. The van der Waals surface area contributed by atoms with Gasteiger partial charge in [0.25, 0.3) is 0 Å². The number of carboxylic acids is 1. The first-order chi connectivity index (χ1) is 33.0. The first-order valence-corrected chi connectivity index (χ1v) is 28.6. The molecule has 3 N–H and O–H groups in total. The lowest BCUT2D eigenvalue weighted by molar-refractivity contribution is -0.157. The van der Waals surface area contributed by atoms with Crippen LogP contribution >= 0.6 is 0 Å². The molecule has 0 aliphatic heterocycles. The molecule has 4 aromatic rings. The van der Waals surface area contributed by atoms with E-state index in [1.54, 1.807) is 57.2 Å². The van der Waals surface area contributed by atoms with E-state index in [0.717, 1.165) is 0 Å². The lowest BCUT2D eigenvalue weighted by Gasteiger charge is -2.22. The molecular formula is C46H52F6N2O14S4. The van der Waals surface area contributed by atoms with Gasteiger partial charge >= 0.3 is 24.3 Å². The third kappa shape index (κ3) is 15.6. The van der Waals surface area contributed by atoms with Crippen molar-refractivity contribution in [1.82, 2.24) is 9.44 Å². The van der Waals surface area contributed by atoms with Crippen molar-refractivity contribution in [2.45, 2.75) is 122 Å². The van der Waals surface area contributed by atoms with Gasteiger partial charge in [0.1, 0.15) is 17.1 Å². The quantitative estimate of drug-likeness (QED) is 0.0618. The van der Waals surface area contributed by atoms with E-state index < -0.39 is 119 Å². The van der Waals surface area contributed by atoms with E-state index >= 15 is 0 Å². The summed E-state index contributed by atoms with van der Waals surface area (Å²) in [4.78, 5) is 19.8. The van der Waals surface area contributed by atoms with Gasteiger partial charge in [-0.3, -0.25) is 0 Å². The van der Waals surface area contributed by atoms with Crippen LogP contribution in [-0.2, 0) is 79.2 Å². The number of ether oxygens (including phenoxy) is 3. The molecular weight excluding hydrogens is 1050 g/mol. The molecule has 0 saturated heterocycles. The lowest BCUT2D eigenvalue weighted by atomic mass is 9.99. The summed E-state index contributed by atoms with van der Waals surface area (Å²) in [5.41, 5.74) is -1.14. The Balaban J connectivity index is 0.000000269. The highest BCUT2D eigenvalue weighted by molar-refractivity contribution is 7.91. The van der Waals surface area contributed by atoms with Crippen LogP contribution in [0.5, 0.6) is 11.5 Å². The van der Waals surface area contributed by atoms with Gasteiger partial charge in [0.05, 0.1) is 30.7 Å². The second-order valence-corrected chi connectivity index (χ2v) is 25.4. The van der Waals surface area contributed by atoms with Crippen molar-refractivity contribution < 1.29 is 88.9 Å². The second kappa shape index (κ2) is 22.1. The van der Waals surface area contributed by atoms with Crippen molar-refractivity contribution in [2.24, 2.45) is 0 Å². The van der Waals surface area contributed by atoms with Gasteiger partial charge in [-0.15, -0.1) is 0 Å². The number of rotatable bonds is 14. The number of carbonyl (C=O) groups excluding carboxylic acids is 1. The van der Waals surface area contributed by atoms with Crippen LogP contribution in [0.25, 0.3) is 0 Å². The van der Waals surface area contributed by atoms with Gasteiger partial charge in [0, 0.05) is 24.6 Å². The number of carbonyl (C=O) groups is 2. The number of sulfone groups is 2. The van der Waals surface area contributed by atoms with Gasteiger partial charge in [0.15, 0.2) is 32.9 Å². The maximum absolute atomic E-state index is 13.4. The van der Waals surface area contributed by atoms with E-state index in [1.165, 1.54) is 0 Å². The van der Waals surface area contributed by atoms with Crippen LogP contribution in [0.3, 0.4) is 0 Å². The fourth-order valence-corrected chi connectivity index (χ4v) is 12.0. The van der Waals surface area contributed by atoms with Crippen LogP contribution in [0.4, 0.5) is 26.3 Å². The van der Waals surface area contributed by atoms with Gasteiger partial charge < -0.3 is 19.3 Å². The molecule has 0 heterocycles. The summed E-state index contributed by atoms with van der Waals surface area (Å²) in [7, 11) is -17.4.